The average Bonchev–Trinajstić information content (AvgIpc) is 2.85. The first kappa shape index (κ1) is 15.3. The highest BCUT2D eigenvalue weighted by atomic mass is 16.4. The van der Waals surface area contributed by atoms with Crippen molar-refractivity contribution >= 4 is 11.9 Å². The molecule has 6 nitrogen and oxygen atoms in total. The van der Waals surface area contributed by atoms with Gasteiger partial charge in [0.25, 0.3) is 0 Å². The summed E-state index contributed by atoms with van der Waals surface area (Å²) in [5, 5.41) is 16.4. The Morgan fingerprint density at radius 3 is 2.62 bits per heavy atom. The van der Waals surface area contributed by atoms with E-state index in [0.717, 1.165) is 17.8 Å². The number of nitrogens with zero attached hydrogens (tertiary/aromatic N) is 2. The van der Waals surface area contributed by atoms with E-state index in [0.29, 0.717) is 19.4 Å². The highest BCUT2D eigenvalue weighted by molar-refractivity contribution is 5.85. The molecule has 0 radical (unpaired) electrons. The molecule has 1 heterocycles. The fourth-order valence-electron chi connectivity index (χ4n) is 2.58. The molecule has 1 aromatic heterocycles. The summed E-state index contributed by atoms with van der Waals surface area (Å²) in [5.41, 5.74) is 1.85. The van der Waals surface area contributed by atoms with Crippen molar-refractivity contribution in [2.45, 2.75) is 39.8 Å². The summed E-state index contributed by atoms with van der Waals surface area (Å²) in [5.74, 6) is -2.23. The number of carbonyl (C=O) groups excluding carboxylic acids is 1. The number of aromatic nitrogens is 2. The van der Waals surface area contributed by atoms with Crippen LogP contribution < -0.4 is 5.32 Å². The van der Waals surface area contributed by atoms with Crippen molar-refractivity contribution in [3.63, 3.8) is 0 Å². The molecule has 0 unspecified atom stereocenters. The molecule has 2 N–H and O–H groups in total. The van der Waals surface area contributed by atoms with Gasteiger partial charge in [-0.25, -0.2) is 0 Å². The van der Waals surface area contributed by atoms with E-state index in [1.165, 1.54) is 0 Å². The van der Waals surface area contributed by atoms with Crippen LogP contribution in [-0.2, 0) is 22.7 Å². The largest absolute Gasteiger partial charge is 0.481 e. The minimum absolute atomic E-state index is 0.199. The van der Waals surface area contributed by atoms with Gasteiger partial charge in [0.1, 0.15) is 0 Å². The van der Waals surface area contributed by atoms with Crippen LogP contribution in [0.3, 0.4) is 0 Å². The summed E-state index contributed by atoms with van der Waals surface area (Å²) in [6.07, 6.45) is 6.52. The Morgan fingerprint density at radius 1 is 1.38 bits per heavy atom. The van der Waals surface area contributed by atoms with E-state index in [4.69, 9.17) is 0 Å². The van der Waals surface area contributed by atoms with Crippen LogP contribution in [0.4, 0.5) is 0 Å². The third-order valence-corrected chi connectivity index (χ3v) is 3.91. The van der Waals surface area contributed by atoms with Crippen LogP contribution in [0.15, 0.2) is 18.3 Å². The van der Waals surface area contributed by atoms with E-state index < -0.39 is 17.8 Å². The zero-order chi connectivity index (χ0) is 15.4. The normalized spacial score (nSPS) is 21.2. The second-order valence-electron chi connectivity index (χ2n) is 5.31. The summed E-state index contributed by atoms with van der Waals surface area (Å²) >= 11 is 0. The molecule has 2 rings (SSSR count). The van der Waals surface area contributed by atoms with Gasteiger partial charge < -0.3 is 10.4 Å². The van der Waals surface area contributed by atoms with Crippen LogP contribution in [0, 0.1) is 18.8 Å². The van der Waals surface area contributed by atoms with E-state index in [-0.39, 0.29) is 5.91 Å². The van der Waals surface area contributed by atoms with Crippen LogP contribution in [0.25, 0.3) is 0 Å². The van der Waals surface area contributed by atoms with E-state index in [2.05, 4.69) is 10.4 Å². The standard InChI is InChI=1S/C15H21N3O3/c1-3-18-9-11(10(2)17-18)8-16-14(19)12-6-4-5-7-13(12)15(20)21/h4-5,9,12-13H,3,6-8H2,1-2H3,(H,16,19)(H,20,21)/t12-,13+/m0/s1. The van der Waals surface area contributed by atoms with Crippen molar-refractivity contribution < 1.29 is 14.7 Å². The van der Waals surface area contributed by atoms with Gasteiger partial charge in [-0.15, -0.1) is 0 Å². The fourth-order valence-corrected chi connectivity index (χ4v) is 2.58. The number of carbonyl (C=O) groups is 2. The quantitative estimate of drug-likeness (QED) is 0.805. The third kappa shape index (κ3) is 3.51. The minimum Gasteiger partial charge on any atom is -0.481 e. The number of carboxylic acids is 1. The lowest BCUT2D eigenvalue weighted by atomic mass is 9.82. The first-order valence-electron chi connectivity index (χ1n) is 7.21. The van der Waals surface area contributed by atoms with Crippen LogP contribution >= 0.6 is 0 Å². The number of hydrogen-bond acceptors (Lipinski definition) is 3. The molecule has 0 fully saturated rings. The Hall–Kier alpha value is -2.11. The molecule has 1 aliphatic carbocycles. The molecular formula is C15H21N3O3. The van der Waals surface area contributed by atoms with Gasteiger partial charge in [-0.2, -0.15) is 5.10 Å². The first-order valence-corrected chi connectivity index (χ1v) is 7.21. The van der Waals surface area contributed by atoms with Crippen molar-refractivity contribution in [2.75, 3.05) is 0 Å². The van der Waals surface area contributed by atoms with Crippen LogP contribution in [-0.4, -0.2) is 26.8 Å². The molecule has 2 atom stereocenters. The van der Waals surface area contributed by atoms with Crippen molar-refractivity contribution in [2.24, 2.45) is 11.8 Å². The molecule has 0 aromatic carbocycles. The first-order chi connectivity index (χ1) is 10.0. The highest BCUT2D eigenvalue weighted by Crippen LogP contribution is 2.26. The number of carboxylic acid groups (broad SMARTS) is 1. The molecule has 21 heavy (non-hydrogen) atoms. The van der Waals surface area contributed by atoms with E-state index in [9.17, 15) is 14.7 Å². The maximum absolute atomic E-state index is 12.2. The Morgan fingerprint density at radius 2 is 2.05 bits per heavy atom. The molecule has 0 spiro atoms. The molecule has 1 aliphatic rings. The van der Waals surface area contributed by atoms with Crippen molar-refractivity contribution in [1.29, 1.82) is 0 Å². The Balaban J connectivity index is 1.98. The van der Waals surface area contributed by atoms with Gasteiger partial charge in [-0.3, -0.25) is 14.3 Å². The number of nitrogens with one attached hydrogen (secondary N) is 1. The Bertz CT molecular complexity index is 563. The van der Waals surface area contributed by atoms with Gasteiger partial charge in [0.15, 0.2) is 0 Å². The topological polar surface area (TPSA) is 84.2 Å². The summed E-state index contributed by atoms with van der Waals surface area (Å²) in [7, 11) is 0. The molecule has 0 bridgehead atoms. The highest BCUT2D eigenvalue weighted by Gasteiger charge is 2.33. The van der Waals surface area contributed by atoms with Gasteiger partial charge in [0.05, 0.1) is 17.5 Å². The molecule has 1 amide bonds. The Labute approximate surface area is 123 Å². The summed E-state index contributed by atoms with van der Waals surface area (Å²) in [6.45, 7) is 5.07. The summed E-state index contributed by atoms with van der Waals surface area (Å²) in [6, 6.07) is 0. The molecule has 0 saturated carbocycles. The second-order valence-corrected chi connectivity index (χ2v) is 5.31. The maximum Gasteiger partial charge on any atom is 0.307 e. The lowest BCUT2D eigenvalue weighted by Crippen LogP contribution is -2.38. The van der Waals surface area contributed by atoms with Crippen LogP contribution in [0.5, 0.6) is 0 Å². The zero-order valence-electron chi connectivity index (χ0n) is 12.4. The SMILES string of the molecule is CCn1cc(CNC(=O)[C@H]2CC=CC[C@H]2C(=O)O)c(C)n1. The van der Waals surface area contributed by atoms with Gasteiger partial charge in [0.2, 0.25) is 5.91 Å². The summed E-state index contributed by atoms with van der Waals surface area (Å²) < 4.78 is 1.82. The molecule has 6 heteroatoms. The number of allylic oxidation sites excluding steroid dienone is 2. The monoisotopic (exact) mass is 291 g/mol. The van der Waals surface area contributed by atoms with E-state index >= 15 is 0 Å². The van der Waals surface area contributed by atoms with Gasteiger partial charge in [-0.1, -0.05) is 12.2 Å². The van der Waals surface area contributed by atoms with Crippen molar-refractivity contribution in [3.05, 3.63) is 29.6 Å². The number of amides is 1. The third-order valence-electron chi connectivity index (χ3n) is 3.91. The Kier molecular flexibility index (Phi) is 4.77. The molecule has 0 aliphatic heterocycles. The van der Waals surface area contributed by atoms with E-state index in [1.807, 2.05) is 36.9 Å². The maximum atomic E-state index is 12.2. The van der Waals surface area contributed by atoms with Crippen LogP contribution in [0.2, 0.25) is 0 Å². The van der Waals surface area contributed by atoms with Gasteiger partial charge >= 0.3 is 5.97 Å². The smallest absolute Gasteiger partial charge is 0.307 e. The molecular weight excluding hydrogens is 270 g/mol. The lowest BCUT2D eigenvalue weighted by molar-refractivity contribution is -0.147. The van der Waals surface area contributed by atoms with E-state index in [1.54, 1.807) is 0 Å². The van der Waals surface area contributed by atoms with Gasteiger partial charge in [0, 0.05) is 24.8 Å². The number of hydrogen-bond donors (Lipinski definition) is 2. The second kappa shape index (κ2) is 6.56. The predicted octanol–water partition coefficient (Wildman–Crippen LogP) is 1.49. The van der Waals surface area contributed by atoms with Crippen LogP contribution in [0.1, 0.15) is 31.0 Å². The number of rotatable bonds is 5. The van der Waals surface area contributed by atoms with Crippen molar-refractivity contribution in [3.8, 4) is 0 Å². The van der Waals surface area contributed by atoms with Crippen molar-refractivity contribution in [1.82, 2.24) is 15.1 Å². The number of aryl methyl sites for hydroxylation is 2. The molecule has 114 valence electrons. The number of aliphatic carboxylic acids is 1. The zero-order valence-corrected chi connectivity index (χ0v) is 12.4. The average molecular weight is 291 g/mol. The molecule has 1 aromatic rings. The summed E-state index contributed by atoms with van der Waals surface area (Å²) in [4.78, 5) is 23.5. The molecule has 0 saturated heterocycles. The fraction of sp³-hybridized carbons (Fsp3) is 0.533. The van der Waals surface area contributed by atoms with Gasteiger partial charge in [-0.05, 0) is 26.7 Å². The predicted molar refractivity (Wildman–Crippen MR) is 77.5 cm³/mol. The minimum atomic E-state index is -0.908. The lowest BCUT2D eigenvalue weighted by Gasteiger charge is -2.24.